The van der Waals surface area contributed by atoms with E-state index in [0.29, 0.717) is 22.8 Å². The van der Waals surface area contributed by atoms with Gasteiger partial charge in [0.05, 0.1) is 19.1 Å². The molecule has 0 aromatic heterocycles. The van der Waals surface area contributed by atoms with Crippen molar-refractivity contribution in [2.45, 2.75) is 6.42 Å². The lowest BCUT2D eigenvalue weighted by molar-refractivity contribution is -0.141. The Hall–Kier alpha value is -5.18. The molecule has 200 valence electrons. The molecule has 0 bridgehead atoms. The van der Waals surface area contributed by atoms with Gasteiger partial charge in [0.1, 0.15) is 30.5 Å². The summed E-state index contributed by atoms with van der Waals surface area (Å²) in [6, 6.07) is 20.1. The number of benzene rings is 3. The van der Waals surface area contributed by atoms with E-state index in [1.54, 1.807) is 72.8 Å². The van der Waals surface area contributed by atoms with Crippen molar-refractivity contribution in [3.63, 3.8) is 0 Å². The van der Waals surface area contributed by atoms with Crippen LogP contribution in [0.25, 0.3) is 11.1 Å². The fourth-order valence-corrected chi connectivity index (χ4v) is 3.14. The summed E-state index contributed by atoms with van der Waals surface area (Å²) in [5, 5.41) is 0. The number of carbonyl (C=O) groups excluding carboxylic acids is 4. The van der Waals surface area contributed by atoms with Crippen LogP contribution >= 0.6 is 0 Å². The average molecular weight is 531 g/mol. The van der Waals surface area contributed by atoms with Crippen LogP contribution in [0.3, 0.4) is 0 Å². The molecule has 0 spiro atoms. The first-order valence-electron chi connectivity index (χ1n) is 11.7. The Morgan fingerprint density at radius 3 is 1.82 bits per heavy atom. The molecule has 0 unspecified atom stereocenters. The topological polar surface area (TPSA) is 114 Å². The number of hydrogen-bond acceptors (Lipinski definition) is 9. The van der Waals surface area contributed by atoms with Gasteiger partial charge < -0.3 is 23.7 Å². The van der Waals surface area contributed by atoms with Gasteiger partial charge in [-0.1, -0.05) is 37.4 Å². The number of rotatable bonds is 12. The van der Waals surface area contributed by atoms with Gasteiger partial charge in [-0.3, -0.25) is 4.79 Å². The smallest absolute Gasteiger partial charge is 0.343 e. The molecule has 0 radical (unpaired) electrons. The van der Waals surface area contributed by atoms with Gasteiger partial charge in [0, 0.05) is 11.6 Å². The zero-order valence-electron chi connectivity index (χ0n) is 21.2. The molecule has 0 aliphatic rings. The molecule has 3 rings (SSSR count). The minimum Gasteiger partial charge on any atom is -0.490 e. The number of carbonyl (C=O) groups is 4. The molecule has 0 fully saturated rings. The van der Waals surface area contributed by atoms with E-state index in [2.05, 4.69) is 17.9 Å². The predicted octanol–water partition coefficient (Wildman–Crippen LogP) is 4.71. The second-order valence-electron chi connectivity index (χ2n) is 7.93. The van der Waals surface area contributed by atoms with Gasteiger partial charge in [-0.05, 0) is 59.7 Å². The molecule has 0 heterocycles. The highest BCUT2D eigenvalue weighted by atomic mass is 16.6. The van der Waals surface area contributed by atoms with Crippen molar-refractivity contribution in [2.75, 3.05) is 20.3 Å². The van der Waals surface area contributed by atoms with E-state index in [9.17, 15) is 19.2 Å². The first kappa shape index (κ1) is 28.4. The van der Waals surface area contributed by atoms with Crippen molar-refractivity contribution < 1.29 is 42.9 Å². The highest BCUT2D eigenvalue weighted by molar-refractivity contribution is 5.94. The molecular formula is C30H26O9. The largest absolute Gasteiger partial charge is 0.490 e. The fraction of sp³-hybridized carbons (Fsp3) is 0.133. The summed E-state index contributed by atoms with van der Waals surface area (Å²) in [6.45, 7) is 7.10. The van der Waals surface area contributed by atoms with Crippen LogP contribution in [0, 0.1) is 0 Å². The Bertz CT molecular complexity index is 1340. The molecule has 3 aromatic carbocycles. The van der Waals surface area contributed by atoms with E-state index in [1.165, 1.54) is 7.11 Å². The zero-order valence-corrected chi connectivity index (χ0v) is 21.2. The maximum absolute atomic E-state index is 12.5. The number of esters is 4. The van der Waals surface area contributed by atoms with Crippen LogP contribution in [0.15, 0.2) is 97.6 Å². The molecule has 0 aliphatic carbocycles. The Balaban J connectivity index is 1.51. The van der Waals surface area contributed by atoms with Crippen LogP contribution < -0.4 is 14.2 Å². The first-order chi connectivity index (χ1) is 18.8. The normalized spacial score (nSPS) is 10.1. The molecule has 9 nitrogen and oxygen atoms in total. The van der Waals surface area contributed by atoms with Gasteiger partial charge >= 0.3 is 23.9 Å². The quantitative estimate of drug-likeness (QED) is 0.142. The molecule has 0 saturated heterocycles. The lowest BCUT2D eigenvalue weighted by Gasteiger charge is -2.09. The molecule has 0 amide bonds. The van der Waals surface area contributed by atoms with Gasteiger partial charge in [-0.2, -0.15) is 0 Å². The number of hydrogen-bond donors (Lipinski definition) is 0. The van der Waals surface area contributed by atoms with Gasteiger partial charge in [0.15, 0.2) is 0 Å². The predicted molar refractivity (Wildman–Crippen MR) is 141 cm³/mol. The summed E-state index contributed by atoms with van der Waals surface area (Å²) in [7, 11) is 1.23. The van der Waals surface area contributed by atoms with E-state index < -0.39 is 23.9 Å². The molecule has 0 N–H and O–H groups in total. The molecular weight excluding hydrogens is 504 g/mol. The van der Waals surface area contributed by atoms with Crippen molar-refractivity contribution in [1.29, 1.82) is 0 Å². The summed E-state index contributed by atoms with van der Waals surface area (Å²) in [4.78, 5) is 46.8. The second kappa shape index (κ2) is 13.9. The van der Waals surface area contributed by atoms with E-state index in [1.807, 2.05) is 0 Å². The summed E-state index contributed by atoms with van der Waals surface area (Å²) < 4.78 is 25.5. The molecule has 39 heavy (non-hydrogen) atoms. The molecule has 0 aliphatic heterocycles. The molecule has 0 saturated carbocycles. The average Bonchev–Trinajstić information content (AvgIpc) is 2.96. The van der Waals surface area contributed by atoms with E-state index in [4.69, 9.17) is 18.9 Å². The Morgan fingerprint density at radius 2 is 1.28 bits per heavy atom. The highest BCUT2D eigenvalue weighted by Gasteiger charge is 2.15. The van der Waals surface area contributed by atoms with Crippen LogP contribution in [0.4, 0.5) is 0 Å². The van der Waals surface area contributed by atoms with Crippen molar-refractivity contribution in [1.82, 2.24) is 0 Å². The lowest BCUT2D eigenvalue weighted by Crippen LogP contribution is -2.14. The van der Waals surface area contributed by atoms with Gasteiger partial charge in [0.2, 0.25) is 0 Å². The van der Waals surface area contributed by atoms with E-state index in [0.717, 1.165) is 17.2 Å². The van der Waals surface area contributed by atoms with Gasteiger partial charge in [0.25, 0.3) is 0 Å². The zero-order chi connectivity index (χ0) is 28.2. The summed E-state index contributed by atoms with van der Waals surface area (Å²) in [6.07, 6.45) is 0.823. The maximum atomic E-state index is 12.5. The van der Waals surface area contributed by atoms with Crippen LogP contribution in [0.1, 0.15) is 16.8 Å². The van der Waals surface area contributed by atoms with Crippen LogP contribution in [-0.2, 0) is 23.9 Å². The Kier molecular flexibility index (Phi) is 10.2. The summed E-state index contributed by atoms with van der Waals surface area (Å²) in [5.74, 6) is -1.18. The summed E-state index contributed by atoms with van der Waals surface area (Å²) in [5.41, 5.74) is 2.02. The van der Waals surface area contributed by atoms with E-state index in [-0.39, 0.29) is 25.2 Å². The SMILES string of the molecule is C=CC(=O)OCCOc1ccc(C(=O)Oc2ccc(-c3ccc(OC(=O)C(=C)CC(=O)OC)cc3)cc2)cc1. The Labute approximate surface area is 225 Å². The minimum atomic E-state index is -0.715. The number of ether oxygens (including phenoxy) is 5. The maximum Gasteiger partial charge on any atom is 0.343 e. The molecule has 0 atom stereocenters. The monoisotopic (exact) mass is 530 g/mol. The number of methoxy groups -OCH3 is 1. The first-order valence-corrected chi connectivity index (χ1v) is 11.7. The van der Waals surface area contributed by atoms with Gasteiger partial charge in [-0.15, -0.1) is 0 Å². The third-order valence-electron chi connectivity index (χ3n) is 5.19. The van der Waals surface area contributed by atoms with Crippen LogP contribution in [0.2, 0.25) is 0 Å². The second-order valence-corrected chi connectivity index (χ2v) is 7.93. The van der Waals surface area contributed by atoms with Crippen LogP contribution in [0.5, 0.6) is 17.2 Å². The summed E-state index contributed by atoms with van der Waals surface area (Å²) >= 11 is 0. The van der Waals surface area contributed by atoms with Crippen LogP contribution in [-0.4, -0.2) is 44.2 Å². The van der Waals surface area contributed by atoms with Gasteiger partial charge in [-0.25, -0.2) is 14.4 Å². The Morgan fingerprint density at radius 1 is 0.744 bits per heavy atom. The van der Waals surface area contributed by atoms with Crippen molar-refractivity contribution in [3.05, 3.63) is 103 Å². The fourth-order valence-electron chi connectivity index (χ4n) is 3.14. The van der Waals surface area contributed by atoms with Crippen molar-refractivity contribution in [2.24, 2.45) is 0 Å². The lowest BCUT2D eigenvalue weighted by atomic mass is 10.1. The van der Waals surface area contributed by atoms with Crippen molar-refractivity contribution in [3.8, 4) is 28.4 Å². The van der Waals surface area contributed by atoms with Crippen molar-refractivity contribution >= 4 is 23.9 Å². The standard InChI is InChI=1S/C30H26O9/c1-4-27(31)37-18-17-36-24-11-9-23(10-12-24)30(34)39-26-15-7-22(8-16-26)21-5-13-25(14-6-21)38-29(33)20(2)19-28(32)35-3/h4-16H,1-2,17-19H2,3H3. The molecule has 3 aromatic rings. The molecule has 9 heteroatoms. The highest BCUT2D eigenvalue weighted by Crippen LogP contribution is 2.25. The third-order valence-corrected chi connectivity index (χ3v) is 5.19. The van der Waals surface area contributed by atoms with E-state index >= 15 is 0 Å². The minimum absolute atomic E-state index is 0.0101. The third kappa shape index (κ3) is 8.71.